The second-order valence-corrected chi connectivity index (χ2v) is 3.96. The highest BCUT2D eigenvalue weighted by molar-refractivity contribution is 5.91. The van der Waals surface area contributed by atoms with Gasteiger partial charge in [-0.1, -0.05) is 12.5 Å². The lowest BCUT2D eigenvalue weighted by Crippen LogP contribution is -2.23. The summed E-state index contributed by atoms with van der Waals surface area (Å²) in [6.45, 7) is 6.08. The number of ketones is 1. The Bertz CT molecular complexity index is 301. The van der Waals surface area contributed by atoms with Crippen LogP contribution < -0.4 is 0 Å². The first-order valence-corrected chi connectivity index (χ1v) is 4.70. The van der Waals surface area contributed by atoms with Gasteiger partial charge >= 0.3 is 0 Å². The van der Waals surface area contributed by atoms with Gasteiger partial charge in [0.25, 0.3) is 0 Å². The molecule has 0 aromatic heterocycles. The lowest BCUT2D eigenvalue weighted by molar-refractivity contribution is -0.115. The van der Waals surface area contributed by atoms with Crippen molar-refractivity contribution in [2.75, 3.05) is 0 Å². The van der Waals surface area contributed by atoms with Crippen LogP contribution in [0, 0.1) is 17.3 Å². The van der Waals surface area contributed by atoms with Gasteiger partial charge in [0.15, 0.2) is 5.78 Å². The monoisotopic (exact) mass is 176 g/mol. The van der Waals surface area contributed by atoms with Crippen molar-refractivity contribution in [1.82, 2.24) is 0 Å². The summed E-state index contributed by atoms with van der Waals surface area (Å²) in [7, 11) is 0. The molecule has 0 saturated carbocycles. The highest BCUT2D eigenvalue weighted by Gasteiger charge is 2.29. The van der Waals surface area contributed by atoms with E-state index in [0.29, 0.717) is 6.42 Å². The fraction of sp³-hybridized carbons (Fsp3) is 0.583. The Morgan fingerprint density at radius 3 is 2.85 bits per heavy atom. The Morgan fingerprint density at radius 1 is 1.62 bits per heavy atom. The van der Waals surface area contributed by atoms with Crippen LogP contribution in [-0.2, 0) is 4.79 Å². The zero-order valence-electron chi connectivity index (χ0n) is 8.61. The summed E-state index contributed by atoms with van der Waals surface area (Å²) in [6.07, 6.45) is 4.28. The van der Waals surface area contributed by atoms with Gasteiger partial charge < -0.3 is 0 Å². The first kappa shape index (κ1) is 10.1. The molecule has 1 rings (SSSR count). The summed E-state index contributed by atoms with van der Waals surface area (Å²) < 4.78 is 0. The third-order valence-corrected chi connectivity index (χ3v) is 2.91. The average Bonchev–Trinajstić information content (AvgIpc) is 2.09. The van der Waals surface area contributed by atoms with E-state index < -0.39 is 0 Å². The van der Waals surface area contributed by atoms with E-state index in [1.165, 1.54) is 5.57 Å². The molecule has 0 spiro atoms. The predicted octanol–water partition coefficient (Wildman–Crippen LogP) is 2.72. The molecule has 1 aliphatic rings. The molecule has 0 amide bonds. The van der Waals surface area contributed by atoms with Crippen LogP contribution in [0.3, 0.4) is 0 Å². The van der Waals surface area contributed by atoms with Crippen molar-refractivity contribution < 1.29 is 4.79 Å². The van der Waals surface area contributed by atoms with Gasteiger partial charge in [0, 0.05) is 12.8 Å². The van der Waals surface area contributed by atoms with Gasteiger partial charge in [-0.2, -0.15) is 0 Å². The van der Waals surface area contributed by atoms with Gasteiger partial charge in [-0.25, -0.2) is 0 Å². The van der Waals surface area contributed by atoms with Gasteiger partial charge in [0.1, 0.15) is 0 Å². The van der Waals surface area contributed by atoms with Crippen molar-refractivity contribution in [2.45, 2.75) is 40.0 Å². The van der Waals surface area contributed by atoms with Gasteiger partial charge in [-0.3, -0.25) is 4.79 Å². The molecule has 13 heavy (non-hydrogen) atoms. The summed E-state index contributed by atoms with van der Waals surface area (Å²) in [5, 5.41) is 0. The molecule has 1 heteroatoms. The second kappa shape index (κ2) is 3.79. The van der Waals surface area contributed by atoms with E-state index in [1.54, 1.807) is 6.08 Å². The molecule has 0 bridgehead atoms. The highest BCUT2D eigenvalue weighted by atomic mass is 16.1. The molecule has 0 aromatic carbocycles. The normalized spacial score (nSPS) is 27.6. The van der Waals surface area contributed by atoms with Gasteiger partial charge in [-0.15, -0.1) is 11.8 Å². The molecule has 0 saturated heterocycles. The summed E-state index contributed by atoms with van der Waals surface area (Å²) in [5.74, 6) is 6.27. The fourth-order valence-corrected chi connectivity index (χ4v) is 1.60. The molecule has 70 valence electrons. The average molecular weight is 176 g/mol. The summed E-state index contributed by atoms with van der Waals surface area (Å²) in [6, 6.07) is 0. The van der Waals surface area contributed by atoms with E-state index in [4.69, 9.17) is 0 Å². The Kier molecular flexibility index (Phi) is 2.93. The van der Waals surface area contributed by atoms with E-state index in [-0.39, 0.29) is 11.2 Å². The summed E-state index contributed by atoms with van der Waals surface area (Å²) >= 11 is 0. The SMILES string of the molecule is CC#CCC1(C)CCC(=O)C=C1C. The Labute approximate surface area is 80.2 Å². The first-order valence-electron chi connectivity index (χ1n) is 4.70. The minimum atomic E-state index is 0.136. The lowest BCUT2D eigenvalue weighted by atomic mass is 9.72. The number of carbonyl (C=O) groups is 1. The lowest BCUT2D eigenvalue weighted by Gasteiger charge is -2.31. The number of allylic oxidation sites excluding steroid dienone is 2. The smallest absolute Gasteiger partial charge is 0.155 e. The molecular weight excluding hydrogens is 160 g/mol. The van der Waals surface area contributed by atoms with Crippen molar-refractivity contribution >= 4 is 5.78 Å². The van der Waals surface area contributed by atoms with E-state index in [9.17, 15) is 4.79 Å². The van der Waals surface area contributed by atoms with E-state index in [2.05, 4.69) is 18.8 Å². The molecule has 0 N–H and O–H groups in total. The van der Waals surface area contributed by atoms with E-state index in [1.807, 2.05) is 13.8 Å². The van der Waals surface area contributed by atoms with Crippen molar-refractivity contribution in [2.24, 2.45) is 5.41 Å². The first-order chi connectivity index (χ1) is 6.08. The standard InChI is InChI=1S/C12H16O/c1-4-5-7-12(3)8-6-11(13)9-10(12)2/h9H,6-8H2,1-3H3. The summed E-state index contributed by atoms with van der Waals surface area (Å²) in [5.41, 5.74) is 1.32. The minimum absolute atomic E-state index is 0.136. The van der Waals surface area contributed by atoms with Crippen LogP contribution in [0.4, 0.5) is 0 Å². The van der Waals surface area contributed by atoms with Crippen molar-refractivity contribution in [3.63, 3.8) is 0 Å². The molecule has 0 heterocycles. The van der Waals surface area contributed by atoms with Crippen LogP contribution in [0.25, 0.3) is 0 Å². The van der Waals surface area contributed by atoms with E-state index in [0.717, 1.165) is 12.8 Å². The van der Waals surface area contributed by atoms with Crippen molar-refractivity contribution in [1.29, 1.82) is 0 Å². The quantitative estimate of drug-likeness (QED) is 0.561. The van der Waals surface area contributed by atoms with Crippen LogP contribution in [-0.4, -0.2) is 5.78 Å². The Morgan fingerprint density at radius 2 is 2.31 bits per heavy atom. The second-order valence-electron chi connectivity index (χ2n) is 3.96. The van der Waals surface area contributed by atoms with Gasteiger partial charge in [-0.05, 0) is 31.8 Å². The molecule has 1 aliphatic carbocycles. The molecule has 0 radical (unpaired) electrons. The van der Waals surface area contributed by atoms with Crippen LogP contribution in [0.2, 0.25) is 0 Å². The number of rotatable bonds is 1. The zero-order chi connectivity index (χ0) is 9.90. The number of carbonyl (C=O) groups excluding carboxylic acids is 1. The summed E-state index contributed by atoms with van der Waals surface area (Å²) in [4.78, 5) is 11.1. The third-order valence-electron chi connectivity index (χ3n) is 2.91. The maximum Gasteiger partial charge on any atom is 0.155 e. The maximum atomic E-state index is 11.1. The molecule has 0 aliphatic heterocycles. The molecule has 0 aromatic rings. The van der Waals surface area contributed by atoms with Crippen LogP contribution in [0.5, 0.6) is 0 Å². The number of hydrogen-bond acceptors (Lipinski definition) is 1. The van der Waals surface area contributed by atoms with Crippen LogP contribution >= 0.6 is 0 Å². The third kappa shape index (κ3) is 2.21. The van der Waals surface area contributed by atoms with Gasteiger partial charge in [0.05, 0.1) is 0 Å². The zero-order valence-corrected chi connectivity index (χ0v) is 8.61. The van der Waals surface area contributed by atoms with Crippen molar-refractivity contribution in [3.05, 3.63) is 11.6 Å². The number of hydrogen-bond donors (Lipinski definition) is 0. The van der Waals surface area contributed by atoms with Crippen molar-refractivity contribution in [3.8, 4) is 11.8 Å². The molecule has 0 fully saturated rings. The van der Waals surface area contributed by atoms with Crippen LogP contribution in [0.1, 0.15) is 40.0 Å². The molecular formula is C12H16O. The fourth-order valence-electron chi connectivity index (χ4n) is 1.60. The highest BCUT2D eigenvalue weighted by Crippen LogP contribution is 2.38. The minimum Gasteiger partial charge on any atom is -0.295 e. The maximum absolute atomic E-state index is 11.1. The topological polar surface area (TPSA) is 17.1 Å². The Balaban J connectivity index is 2.83. The largest absolute Gasteiger partial charge is 0.295 e. The Hall–Kier alpha value is -1.03. The van der Waals surface area contributed by atoms with Crippen LogP contribution in [0.15, 0.2) is 11.6 Å². The molecule has 1 unspecified atom stereocenters. The molecule has 1 atom stereocenters. The molecule has 1 nitrogen and oxygen atoms in total. The van der Waals surface area contributed by atoms with Gasteiger partial charge in [0.2, 0.25) is 0 Å². The predicted molar refractivity (Wildman–Crippen MR) is 54.2 cm³/mol. The van der Waals surface area contributed by atoms with E-state index >= 15 is 0 Å².